The van der Waals surface area contributed by atoms with Crippen molar-refractivity contribution in [2.24, 2.45) is 0 Å². The van der Waals surface area contributed by atoms with E-state index >= 15 is 0 Å². The SMILES string of the molecule is O=C(c1cn(C2CCNCC2)nn1)N1CCN(c2ccccc2[N+](=O)[O-])CC1. The molecule has 2 saturated heterocycles. The van der Waals surface area contributed by atoms with E-state index in [-0.39, 0.29) is 22.6 Å². The molecule has 2 fully saturated rings. The molecule has 1 N–H and O–H groups in total. The number of hydrogen-bond acceptors (Lipinski definition) is 7. The van der Waals surface area contributed by atoms with Crippen LogP contribution in [0, 0.1) is 10.1 Å². The third-order valence-corrected chi connectivity index (χ3v) is 5.40. The third-order valence-electron chi connectivity index (χ3n) is 5.40. The predicted molar refractivity (Wildman–Crippen MR) is 102 cm³/mol. The molecule has 2 aliphatic heterocycles. The normalized spacial score (nSPS) is 18.3. The maximum atomic E-state index is 12.8. The molecule has 1 aromatic carbocycles. The van der Waals surface area contributed by atoms with E-state index < -0.39 is 0 Å². The van der Waals surface area contributed by atoms with Crippen LogP contribution in [0.4, 0.5) is 11.4 Å². The van der Waals surface area contributed by atoms with Gasteiger partial charge in [-0.25, -0.2) is 4.68 Å². The Labute approximate surface area is 162 Å². The maximum Gasteiger partial charge on any atom is 0.292 e. The van der Waals surface area contributed by atoms with Crippen LogP contribution in [0.25, 0.3) is 0 Å². The Morgan fingerprint density at radius 2 is 1.86 bits per heavy atom. The first-order chi connectivity index (χ1) is 13.6. The van der Waals surface area contributed by atoms with Crippen LogP contribution in [0.3, 0.4) is 0 Å². The van der Waals surface area contributed by atoms with Gasteiger partial charge < -0.3 is 15.1 Å². The number of nitrogens with one attached hydrogen (secondary N) is 1. The number of piperazine rings is 1. The Bertz CT molecular complexity index is 854. The van der Waals surface area contributed by atoms with Gasteiger partial charge in [0.2, 0.25) is 0 Å². The minimum absolute atomic E-state index is 0.0900. The molecule has 0 bridgehead atoms. The van der Waals surface area contributed by atoms with Crippen LogP contribution in [0.15, 0.2) is 30.5 Å². The number of hydrogen-bond donors (Lipinski definition) is 1. The zero-order valence-electron chi connectivity index (χ0n) is 15.5. The van der Waals surface area contributed by atoms with E-state index in [2.05, 4.69) is 15.6 Å². The summed E-state index contributed by atoms with van der Waals surface area (Å²) in [6.45, 7) is 3.96. The molecule has 0 saturated carbocycles. The summed E-state index contributed by atoms with van der Waals surface area (Å²) in [5.41, 5.74) is 1.04. The second-order valence-electron chi connectivity index (χ2n) is 7.09. The van der Waals surface area contributed by atoms with Gasteiger partial charge in [0, 0.05) is 32.2 Å². The summed E-state index contributed by atoms with van der Waals surface area (Å²) >= 11 is 0. The van der Waals surface area contributed by atoms with Gasteiger partial charge in [-0.2, -0.15) is 0 Å². The van der Waals surface area contributed by atoms with Crippen LogP contribution in [0.5, 0.6) is 0 Å². The molecule has 2 aromatic rings. The molecule has 0 unspecified atom stereocenters. The van der Waals surface area contributed by atoms with Crippen molar-refractivity contribution in [3.8, 4) is 0 Å². The minimum Gasteiger partial charge on any atom is -0.362 e. The highest BCUT2D eigenvalue weighted by Gasteiger charge is 2.28. The molecule has 2 aliphatic rings. The standard InChI is InChI=1S/C18H23N7O3/c26-18(15-13-24(21-20-15)14-5-7-19-8-6-14)23-11-9-22(10-12-23)16-3-1-2-4-17(16)25(27)28/h1-4,13-14,19H,5-12H2. The number of nitro groups is 1. The van der Waals surface area contributed by atoms with Gasteiger partial charge in [0.15, 0.2) is 5.69 Å². The second kappa shape index (κ2) is 7.93. The molecule has 0 radical (unpaired) electrons. The molecule has 3 heterocycles. The summed E-state index contributed by atoms with van der Waals surface area (Å²) in [7, 11) is 0. The van der Waals surface area contributed by atoms with Crippen molar-refractivity contribution in [2.45, 2.75) is 18.9 Å². The number of piperidine rings is 1. The molecular weight excluding hydrogens is 362 g/mol. The number of amides is 1. The fourth-order valence-electron chi connectivity index (χ4n) is 3.82. The Morgan fingerprint density at radius 3 is 2.57 bits per heavy atom. The molecule has 0 aliphatic carbocycles. The largest absolute Gasteiger partial charge is 0.362 e. The van der Waals surface area contributed by atoms with E-state index in [1.807, 2.05) is 4.90 Å². The van der Waals surface area contributed by atoms with Gasteiger partial charge in [-0.1, -0.05) is 17.3 Å². The van der Waals surface area contributed by atoms with Crippen molar-refractivity contribution in [2.75, 3.05) is 44.2 Å². The van der Waals surface area contributed by atoms with Gasteiger partial charge >= 0.3 is 0 Å². The van der Waals surface area contributed by atoms with E-state index in [0.717, 1.165) is 25.9 Å². The highest BCUT2D eigenvalue weighted by atomic mass is 16.6. The molecule has 28 heavy (non-hydrogen) atoms. The van der Waals surface area contributed by atoms with Crippen molar-refractivity contribution in [1.29, 1.82) is 0 Å². The number of carbonyl (C=O) groups excluding carboxylic acids is 1. The van der Waals surface area contributed by atoms with Crippen molar-refractivity contribution in [1.82, 2.24) is 25.2 Å². The summed E-state index contributed by atoms with van der Waals surface area (Å²) in [4.78, 5) is 27.4. The second-order valence-corrected chi connectivity index (χ2v) is 7.09. The Kier molecular flexibility index (Phi) is 5.20. The summed E-state index contributed by atoms with van der Waals surface area (Å²) in [5, 5.41) is 22.8. The number of anilines is 1. The summed E-state index contributed by atoms with van der Waals surface area (Å²) in [6, 6.07) is 6.99. The molecule has 1 aromatic heterocycles. The summed E-state index contributed by atoms with van der Waals surface area (Å²) in [5.74, 6) is -0.137. The van der Waals surface area contributed by atoms with Crippen LogP contribution in [-0.4, -0.2) is 70.0 Å². The number of para-hydroxylation sites is 2. The van der Waals surface area contributed by atoms with Gasteiger partial charge in [0.25, 0.3) is 11.6 Å². The lowest BCUT2D eigenvalue weighted by Crippen LogP contribution is -2.49. The van der Waals surface area contributed by atoms with Gasteiger partial charge in [0.1, 0.15) is 5.69 Å². The molecule has 0 spiro atoms. The average Bonchev–Trinajstić information content (AvgIpc) is 3.24. The van der Waals surface area contributed by atoms with Crippen LogP contribution in [0.1, 0.15) is 29.4 Å². The van der Waals surface area contributed by atoms with E-state index in [9.17, 15) is 14.9 Å². The monoisotopic (exact) mass is 385 g/mol. The summed E-state index contributed by atoms with van der Waals surface area (Å²) in [6.07, 6.45) is 3.70. The lowest BCUT2D eigenvalue weighted by molar-refractivity contribution is -0.384. The minimum atomic E-state index is -0.369. The Morgan fingerprint density at radius 1 is 1.14 bits per heavy atom. The van der Waals surface area contributed by atoms with Gasteiger partial charge in [0.05, 0.1) is 17.2 Å². The number of rotatable bonds is 4. The number of nitrogens with zero attached hydrogens (tertiary/aromatic N) is 6. The van der Waals surface area contributed by atoms with E-state index in [1.54, 1.807) is 34.0 Å². The average molecular weight is 385 g/mol. The van der Waals surface area contributed by atoms with Crippen LogP contribution < -0.4 is 10.2 Å². The van der Waals surface area contributed by atoms with E-state index in [0.29, 0.717) is 37.6 Å². The maximum absolute atomic E-state index is 12.8. The van der Waals surface area contributed by atoms with E-state index in [4.69, 9.17) is 0 Å². The van der Waals surface area contributed by atoms with Gasteiger partial charge in [-0.05, 0) is 32.0 Å². The molecule has 0 atom stereocenters. The topological polar surface area (TPSA) is 109 Å². The fourth-order valence-corrected chi connectivity index (χ4v) is 3.82. The highest BCUT2D eigenvalue weighted by molar-refractivity contribution is 5.92. The molecule has 148 valence electrons. The first-order valence-corrected chi connectivity index (χ1v) is 9.53. The van der Waals surface area contributed by atoms with Gasteiger partial charge in [-0.3, -0.25) is 14.9 Å². The number of nitro benzene ring substituents is 1. The van der Waals surface area contributed by atoms with Crippen molar-refractivity contribution in [3.05, 3.63) is 46.3 Å². The Balaban J connectivity index is 1.39. The molecular formula is C18H23N7O3. The highest BCUT2D eigenvalue weighted by Crippen LogP contribution is 2.28. The van der Waals surface area contributed by atoms with Crippen molar-refractivity contribution < 1.29 is 9.72 Å². The quantitative estimate of drug-likeness (QED) is 0.619. The zero-order valence-corrected chi connectivity index (χ0v) is 15.5. The van der Waals surface area contributed by atoms with Crippen molar-refractivity contribution >= 4 is 17.3 Å². The van der Waals surface area contributed by atoms with Crippen LogP contribution in [0.2, 0.25) is 0 Å². The lowest BCUT2D eigenvalue weighted by atomic mass is 10.1. The predicted octanol–water partition coefficient (Wildman–Crippen LogP) is 1.07. The number of benzene rings is 1. The first kappa shape index (κ1) is 18.4. The lowest BCUT2D eigenvalue weighted by Gasteiger charge is -2.35. The van der Waals surface area contributed by atoms with Gasteiger partial charge in [-0.15, -0.1) is 5.10 Å². The summed E-state index contributed by atoms with van der Waals surface area (Å²) < 4.78 is 1.80. The number of aromatic nitrogens is 3. The Hall–Kier alpha value is -3.01. The fraction of sp³-hybridized carbons (Fsp3) is 0.500. The smallest absolute Gasteiger partial charge is 0.292 e. The third kappa shape index (κ3) is 3.68. The van der Waals surface area contributed by atoms with Crippen molar-refractivity contribution in [3.63, 3.8) is 0 Å². The molecule has 1 amide bonds. The molecule has 10 heteroatoms. The van der Waals surface area contributed by atoms with Crippen LogP contribution in [-0.2, 0) is 0 Å². The zero-order chi connectivity index (χ0) is 19.5. The number of carbonyl (C=O) groups is 1. The van der Waals surface area contributed by atoms with E-state index in [1.165, 1.54) is 6.07 Å². The van der Waals surface area contributed by atoms with Crippen LogP contribution >= 0.6 is 0 Å². The molecule has 10 nitrogen and oxygen atoms in total. The molecule has 4 rings (SSSR count). The first-order valence-electron chi connectivity index (χ1n) is 9.53.